The van der Waals surface area contributed by atoms with Gasteiger partial charge in [-0.05, 0) is 51.4 Å². The molecule has 1 N–H and O–H groups in total. The van der Waals surface area contributed by atoms with Crippen LogP contribution in [0.25, 0.3) is 0 Å². The molecule has 0 saturated heterocycles. The predicted octanol–water partition coefficient (Wildman–Crippen LogP) is 10.8. The van der Waals surface area contributed by atoms with Crippen molar-refractivity contribution in [2.45, 2.75) is 161 Å². The third kappa shape index (κ3) is 32.5. The van der Waals surface area contributed by atoms with Crippen molar-refractivity contribution >= 4 is 11.9 Å². The van der Waals surface area contributed by atoms with Crippen molar-refractivity contribution < 1.29 is 24.2 Å². The van der Waals surface area contributed by atoms with Crippen LogP contribution in [0.2, 0.25) is 0 Å². The summed E-state index contributed by atoms with van der Waals surface area (Å²) in [5.74, 6) is -0.662. The van der Waals surface area contributed by atoms with E-state index >= 15 is 0 Å². The van der Waals surface area contributed by atoms with Crippen molar-refractivity contribution in [3.63, 3.8) is 0 Å². The fourth-order valence-corrected chi connectivity index (χ4v) is 4.65. The Morgan fingerprint density at radius 1 is 0.545 bits per heavy atom. The molecule has 0 saturated carbocycles. The zero-order chi connectivity index (χ0) is 32.2. The van der Waals surface area contributed by atoms with Gasteiger partial charge in [0.05, 0.1) is 6.61 Å². The zero-order valence-electron chi connectivity index (χ0n) is 28.4. The number of rotatable bonds is 31. The second kappa shape index (κ2) is 35.1. The Labute approximate surface area is 271 Å². The second-order valence-electron chi connectivity index (χ2n) is 11.6. The van der Waals surface area contributed by atoms with Crippen molar-refractivity contribution in [1.29, 1.82) is 0 Å². The smallest absolute Gasteiger partial charge is 0.306 e. The van der Waals surface area contributed by atoms with Crippen LogP contribution in [0.3, 0.4) is 0 Å². The second-order valence-corrected chi connectivity index (χ2v) is 11.6. The highest BCUT2D eigenvalue weighted by molar-refractivity contribution is 5.70. The number of hydrogen-bond donors (Lipinski definition) is 1. The maximum Gasteiger partial charge on any atom is 0.306 e. The standard InChI is InChI=1S/C39H66O5/c1-3-5-7-9-11-13-15-17-18-19-20-22-23-25-27-29-31-33-38(41)43-36-37(35-40)44-39(42)34-32-30-28-26-24-21-16-14-12-10-8-6-4-2/h5,7,11,13,17-18,20,22,25,27,37,40H,3-4,6,8-10,12,14-16,19,21,23-24,26,28-36H2,1-2H3/b7-5+,13-11+,18-17+,22-20+,27-25+/t37-/m0/s1. The number of aliphatic hydroxyl groups is 1. The molecular weight excluding hydrogens is 548 g/mol. The molecule has 44 heavy (non-hydrogen) atoms. The molecule has 0 aromatic carbocycles. The molecule has 0 fully saturated rings. The van der Waals surface area contributed by atoms with Gasteiger partial charge in [0.15, 0.2) is 6.10 Å². The summed E-state index contributed by atoms with van der Waals surface area (Å²) in [6, 6.07) is 0. The average molecular weight is 615 g/mol. The Bertz CT molecular complexity index is 792. The van der Waals surface area contributed by atoms with E-state index in [0.717, 1.165) is 57.8 Å². The van der Waals surface area contributed by atoms with E-state index in [4.69, 9.17) is 9.47 Å². The van der Waals surface area contributed by atoms with Crippen LogP contribution < -0.4 is 0 Å². The Hall–Kier alpha value is -2.40. The minimum atomic E-state index is -0.792. The molecule has 0 bridgehead atoms. The Kier molecular flexibility index (Phi) is 33.2. The third-order valence-corrected chi connectivity index (χ3v) is 7.33. The Morgan fingerprint density at radius 2 is 0.977 bits per heavy atom. The number of esters is 2. The van der Waals surface area contributed by atoms with Crippen molar-refractivity contribution in [3.05, 3.63) is 60.8 Å². The number of ether oxygens (including phenoxy) is 2. The molecule has 0 aromatic rings. The van der Waals surface area contributed by atoms with Gasteiger partial charge >= 0.3 is 11.9 Å². The van der Waals surface area contributed by atoms with Crippen LogP contribution in [0.5, 0.6) is 0 Å². The van der Waals surface area contributed by atoms with E-state index in [-0.39, 0.29) is 25.2 Å². The lowest BCUT2D eigenvalue weighted by Gasteiger charge is -2.15. The number of hydrogen-bond acceptors (Lipinski definition) is 5. The van der Waals surface area contributed by atoms with E-state index in [2.05, 4.69) is 74.6 Å². The largest absolute Gasteiger partial charge is 0.462 e. The maximum absolute atomic E-state index is 12.1. The third-order valence-electron chi connectivity index (χ3n) is 7.33. The summed E-state index contributed by atoms with van der Waals surface area (Å²) in [6.45, 7) is 3.95. The summed E-state index contributed by atoms with van der Waals surface area (Å²) in [5, 5.41) is 9.51. The lowest BCUT2D eigenvalue weighted by Crippen LogP contribution is -2.28. The number of carbonyl (C=O) groups is 2. The molecule has 0 unspecified atom stereocenters. The van der Waals surface area contributed by atoms with Gasteiger partial charge in [0.25, 0.3) is 0 Å². The molecule has 0 aliphatic rings. The van der Waals surface area contributed by atoms with Crippen molar-refractivity contribution in [2.24, 2.45) is 0 Å². The fourth-order valence-electron chi connectivity index (χ4n) is 4.65. The SMILES string of the molecule is CC/C=C/C/C=C/C/C=C/C/C=C/C/C=C/CCCC(=O)OC[C@H](CO)OC(=O)CCCCCCCCCCCCCCC. The Balaban J connectivity index is 3.70. The first kappa shape index (κ1) is 41.6. The molecule has 0 aromatic heterocycles. The molecule has 5 heteroatoms. The molecule has 0 heterocycles. The van der Waals surface area contributed by atoms with Crippen LogP contribution in [-0.2, 0) is 19.1 Å². The van der Waals surface area contributed by atoms with Gasteiger partial charge in [0, 0.05) is 12.8 Å². The fraction of sp³-hybridized carbons (Fsp3) is 0.692. The molecule has 252 valence electrons. The van der Waals surface area contributed by atoms with E-state index < -0.39 is 6.10 Å². The summed E-state index contributed by atoms with van der Waals surface area (Å²) in [5.41, 5.74) is 0. The number of aliphatic hydroxyl groups excluding tert-OH is 1. The topological polar surface area (TPSA) is 72.8 Å². The normalized spacial score (nSPS) is 12.9. The zero-order valence-corrected chi connectivity index (χ0v) is 28.4. The van der Waals surface area contributed by atoms with Crippen LogP contribution >= 0.6 is 0 Å². The molecule has 0 aliphatic carbocycles. The minimum absolute atomic E-state index is 0.0959. The molecule has 5 nitrogen and oxygen atoms in total. The number of unbranched alkanes of at least 4 members (excludes halogenated alkanes) is 13. The van der Waals surface area contributed by atoms with Crippen molar-refractivity contribution in [3.8, 4) is 0 Å². The van der Waals surface area contributed by atoms with Gasteiger partial charge in [-0.3, -0.25) is 9.59 Å². The quantitative estimate of drug-likeness (QED) is 0.0478. The average Bonchev–Trinajstić information content (AvgIpc) is 3.02. The first-order valence-electron chi connectivity index (χ1n) is 17.8. The first-order valence-corrected chi connectivity index (χ1v) is 17.8. The van der Waals surface area contributed by atoms with Gasteiger partial charge in [-0.1, -0.05) is 152 Å². The van der Waals surface area contributed by atoms with Crippen LogP contribution in [0, 0.1) is 0 Å². The van der Waals surface area contributed by atoms with Gasteiger partial charge in [-0.25, -0.2) is 0 Å². The van der Waals surface area contributed by atoms with E-state index in [1.165, 1.54) is 64.2 Å². The molecule has 0 radical (unpaired) electrons. The highest BCUT2D eigenvalue weighted by atomic mass is 16.6. The lowest BCUT2D eigenvalue weighted by molar-refractivity contribution is -0.161. The van der Waals surface area contributed by atoms with Gasteiger partial charge in [0.1, 0.15) is 6.61 Å². The molecule has 1 atom stereocenters. The Morgan fingerprint density at radius 3 is 1.45 bits per heavy atom. The molecule has 0 spiro atoms. The van der Waals surface area contributed by atoms with E-state index in [1.54, 1.807) is 0 Å². The van der Waals surface area contributed by atoms with E-state index in [9.17, 15) is 14.7 Å². The monoisotopic (exact) mass is 614 g/mol. The highest BCUT2D eigenvalue weighted by Gasteiger charge is 2.16. The molecule has 0 rings (SSSR count). The molecule has 0 amide bonds. The summed E-state index contributed by atoms with van der Waals surface area (Å²) in [7, 11) is 0. The van der Waals surface area contributed by atoms with Gasteiger partial charge < -0.3 is 14.6 Å². The summed E-state index contributed by atoms with van der Waals surface area (Å²) in [6.07, 6.45) is 44.2. The summed E-state index contributed by atoms with van der Waals surface area (Å²) in [4.78, 5) is 24.1. The van der Waals surface area contributed by atoms with Crippen LogP contribution in [0.15, 0.2) is 60.8 Å². The van der Waals surface area contributed by atoms with Gasteiger partial charge in [-0.15, -0.1) is 0 Å². The van der Waals surface area contributed by atoms with Crippen LogP contribution in [-0.4, -0.2) is 36.4 Å². The van der Waals surface area contributed by atoms with Crippen molar-refractivity contribution in [2.75, 3.05) is 13.2 Å². The molecule has 0 aliphatic heterocycles. The van der Waals surface area contributed by atoms with Crippen LogP contribution in [0.4, 0.5) is 0 Å². The number of allylic oxidation sites excluding steroid dienone is 10. The van der Waals surface area contributed by atoms with Crippen molar-refractivity contribution in [1.82, 2.24) is 0 Å². The predicted molar refractivity (Wildman–Crippen MR) is 187 cm³/mol. The minimum Gasteiger partial charge on any atom is -0.462 e. The first-order chi connectivity index (χ1) is 21.6. The van der Waals surface area contributed by atoms with E-state index in [0.29, 0.717) is 19.3 Å². The summed E-state index contributed by atoms with van der Waals surface area (Å²) < 4.78 is 10.5. The van der Waals surface area contributed by atoms with Crippen LogP contribution in [0.1, 0.15) is 155 Å². The summed E-state index contributed by atoms with van der Waals surface area (Å²) >= 11 is 0. The van der Waals surface area contributed by atoms with E-state index in [1.807, 2.05) is 0 Å². The lowest BCUT2D eigenvalue weighted by atomic mass is 10.0. The van der Waals surface area contributed by atoms with Gasteiger partial charge in [0.2, 0.25) is 0 Å². The number of carbonyl (C=O) groups excluding carboxylic acids is 2. The highest BCUT2D eigenvalue weighted by Crippen LogP contribution is 2.13. The van der Waals surface area contributed by atoms with Gasteiger partial charge in [-0.2, -0.15) is 0 Å². The maximum atomic E-state index is 12.1. The molecular formula is C39H66O5.